The molecule has 9 heteroatoms. The third kappa shape index (κ3) is 6.67. The Morgan fingerprint density at radius 1 is 1.00 bits per heavy atom. The molecule has 0 bridgehead atoms. The van der Waals surface area contributed by atoms with Crippen molar-refractivity contribution in [3.8, 4) is 0 Å². The fraction of sp³-hybridized carbons (Fsp3) is 0.654. The van der Waals surface area contributed by atoms with Gasteiger partial charge in [0.2, 0.25) is 11.8 Å². The molecule has 194 valence electrons. The van der Waals surface area contributed by atoms with Crippen LogP contribution in [0.1, 0.15) is 55.8 Å². The summed E-state index contributed by atoms with van der Waals surface area (Å²) in [5.74, 6) is 0.00490. The molecule has 1 unspecified atom stereocenters. The summed E-state index contributed by atoms with van der Waals surface area (Å²) in [7, 11) is 0. The van der Waals surface area contributed by atoms with Gasteiger partial charge in [0.25, 0.3) is 0 Å². The Hall–Kier alpha value is -2.32. The van der Waals surface area contributed by atoms with Gasteiger partial charge in [-0.15, -0.1) is 12.4 Å². The maximum absolute atomic E-state index is 12.8. The van der Waals surface area contributed by atoms with Crippen LogP contribution in [0.4, 0.5) is 5.69 Å². The highest BCUT2D eigenvalue weighted by Crippen LogP contribution is 2.24. The maximum Gasteiger partial charge on any atom is 0.340 e. The Kier molecular flexibility index (Phi) is 10.2. The van der Waals surface area contributed by atoms with Gasteiger partial charge in [-0.3, -0.25) is 14.5 Å². The van der Waals surface area contributed by atoms with Gasteiger partial charge in [-0.1, -0.05) is 19.1 Å². The molecule has 1 aromatic rings. The Labute approximate surface area is 215 Å². The Balaban J connectivity index is 0.00000342. The first-order chi connectivity index (χ1) is 16.6. The van der Waals surface area contributed by atoms with Crippen LogP contribution < -0.4 is 4.90 Å². The number of carbonyl (C=O) groups excluding carboxylic acids is 3. The number of hydrogen-bond donors (Lipinski definition) is 0. The Morgan fingerprint density at radius 3 is 2.51 bits per heavy atom. The van der Waals surface area contributed by atoms with Gasteiger partial charge in [0, 0.05) is 39.3 Å². The molecular formula is C26H39ClN4O4. The van der Waals surface area contributed by atoms with E-state index in [0.717, 1.165) is 83.5 Å². The molecule has 35 heavy (non-hydrogen) atoms. The molecule has 1 atom stereocenters. The number of piperidine rings is 1. The van der Waals surface area contributed by atoms with E-state index < -0.39 is 0 Å². The molecule has 1 aromatic carbocycles. The molecular weight excluding hydrogens is 468 g/mol. The summed E-state index contributed by atoms with van der Waals surface area (Å²) in [5.41, 5.74) is 1.59. The Bertz CT molecular complexity index is 875. The number of hydrogen-bond acceptors (Lipinski definition) is 6. The summed E-state index contributed by atoms with van der Waals surface area (Å²) in [5, 5.41) is 0. The maximum atomic E-state index is 12.8. The molecule has 0 spiro atoms. The SMILES string of the molecule is CCCOC(=O)c1ccccc1N1CCN(CCCCN2CC(=O)N3CCCCC3C2=O)CC1.Cl. The molecule has 0 saturated carbocycles. The number of benzene rings is 1. The fourth-order valence-corrected chi connectivity index (χ4v) is 5.26. The van der Waals surface area contributed by atoms with Crippen LogP contribution in [0, 0.1) is 0 Å². The minimum atomic E-state index is -0.248. The lowest BCUT2D eigenvalue weighted by Gasteiger charge is -2.42. The summed E-state index contributed by atoms with van der Waals surface area (Å²) in [4.78, 5) is 45.9. The minimum Gasteiger partial charge on any atom is -0.462 e. The van der Waals surface area contributed by atoms with Crippen LogP contribution in [0.5, 0.6) is 0 Å². The summed E-state index contributed by atoms with van der Waals surface area (Å²) < 4.78 is 5.36. The third-order valence-electron chi connectivity index (χ3n) is 7.17. The molecule has 3 aliphatic heterocycles. The molecule has 8 nitrogen and oxygen atoms in total. The number of amides is 2. The molecule has 0 radical (unpaired) electrons. The summed E-state index contributed by atoms with van der Waals surface area (Å²) in [6.45, 7) is 8.69. The van der Waals surface area contributed by atoms with Crippen molar-refractivity contribution in [2.75, 3.05) is 63.9 Å². The highest BCUT2D eigenvalue weighted by atomic mass is 35.5. The third-order valence-corrected chi connectivity index (χ3v) is 7.17. The molecule has 0 aliphatic carbocycles. The lowest BCUT2D eigenvalue weighted by Crippen LogP contribution is -2.61. The predicted molar refractivity (Wildman–Crippen MR) is 138 cm³/mol. The fourth-order valence-electron chi connectivity index (χ4n) is 5.26. The second-order valence-corrected chi connectivity index (χ2v) is 9.55. The number of ether oxygens (including phenoxy) is 1. The summed E-state index contributed by atoms with van der Waals surface area (Å²) in [6, 6.07) is 7.48. The van der Waals surface area contributed by atoms with E-state index >= 15 is 0 Å². The van der Waals surface area contributed by atoms with Gasteiger partial charge in [0.05, 0.1) is 24.4 Å². The van der Waals surface area contributed by atoms with Crippen LogP contribution in [0.3, 0.4) is 0 Å². The quantitative estimate of drug-likeness (QED) is 0.379. The summed E-state index contributed by atoms with van der Waals surface area (Å²) >= 11 is 0. The van der Waals surface area contributed by atoms with Crippen molar-refractivity contribution in [1.82, 2.24) is 14.7 Å². The molecule has 3 aliphatic rings. The summed E-state index contributed by atoms with van der Waals surface area (Å²) in [6.07, 6.45) is 5.59. The van der Waals surface area contributed by atoms with E-state index in [4.69, 9.17) is 4.74 Å². The normalized spacial score (nSPS) is 20.9. The molecule has 3 fully saturated rings. The number of para-hydroxylation sites is 1. The molecule has 4 rings (SSSR count). The van der Waals surface area contributed by atoms with Crippen LogP contribution >= 0.6 is 12.4 Å². The van der Waals surface area contributed by atoms with Crippen molar-refractivity contribution in [2.45, 2.75) is 51.5 Å². The second kappa shape index (κ2) is 13.1. The van der Waals surface area contributed by atoms with E-state index in [1.54, 1.807) is 9.80 Å². The number of rotatable bonds is 9. The van der Waals surface area contributed by atoms with Gasteiger partial charge < -0.3 is 19.4 Å². The first-order valence-corrected chi connectivity index (χ1v) is 12.9. The number of fused-ring (bicyclic) bond motifs is 1. The lowest BCUT2D eigenvalue weighted by atomic mass is 9.98. The number of anilines is 1. The van der Waals surface area contributed by atoms with Crippen LogP contribution in [0.25, 0.3) is 0 Å². The van der Waals surface area contributed by atoms with Crippen molar-refractivity contribution < 1.29 is 19.1 Å². The minimum absolute atomic E-state index is 0. The number of unbranched alkanes of at least 4 members (excludes halogenated alkanes) is 1. The zero-order chi connectivity index (χ0) is 23.9. The van der Waals surface area contributed by atoms with E-state index in [2.05, 4.69) is 9.80 Å². The standard InChI is InChI=1S/C26H38N4O4.ClH/c1-2-19-34-26(33)21-9-3-4-10-22(21)28-17-15-27(16-18-28)12-7-8-13-29-20-24(31)30-14-6-5-11-23(30)25(29)32;/h3-4,9-10,23H,2,5-8,11-20H2,1H3;1H. The number of carbonyl (C=O) groups is 3. The number of nitrogens with zero attached hydrogens (tertiary/aromatic N) is 4. The first-order valence-electron chi connectivity index (χ1n) is 12.9. The molecule has 3 saturated heterocycles. The van der Waals surface area contributed by atoms with E-state index in [9.17, 15) is 14.4 Å². The zero-order valence-electron chi connectivity index (χ0n) is 20.8. The second-order valence-electron chi connectivity index (χ2n) is 9.55. The molecule has 2 amide bonds. The Morgan fingerprint density at radius 2 is 1.74 bits per heavy atom. The van der Waals surface area contributed by atoms with Gasteiger partial charge in [-0.2, -0.15) is 0 Å². The van der Waals surface area contributed by atoms with Crippen LogP contribution in [0.15, 0.2) is 24.3 Å². The van der Waals surface area contributed by atoms with E-state index in [0.29, 0.717) is 18.7 Å². The van der Waals surface area contributed by atoms with Gasteiger partial charge in [0.1, 0.15) is 6.04 Å². The number of esters is 1. The zero-order valence-corrected chi connectivity index (χ0v) is 21.6. The average Bonchev–Trinajstić information content (AvgIpc) is 2.88. The van der Waals surface area contributed by atoms with Crippen LogP contribution in [-0.4, -0.2) is 97.5 Å². The first kappa shape index (κ1) is 27.3. The van der Waals surface area contributed by atoms with E-state index in [1.807, 2.05) is 31.2 Å². The smallest absolute Gasteiger partial charge is 0.340 e. The van der Waals surface area contributed by atoms with E-state index in [-0.39, 0.29) is 42.8 Å². The van der Waals surface area contributed by atoms with Crippen LogP contribution in [0.2, 0.25) is 0 Å². The van der Waals surface area contributed by atoms with Gasteiger partial charge in [0.15, 0.2) is 0 Å². The highest BCUT2D eigenvalue weighted by Gasteiger charge is 2.39. The van der Waals surface area contributed by atoms with Crippen molar-refractivity contribution in [2.24, 2.45) is 0 Å². The van der Waals surface area contributed by atoms with Crippen LogP contribution in [-0.2, 0) is 14.3 Å². The largest absolute Gasteiger partial charge is 0.462 e. The molecule has 3 heterocycles. The molecule has 0 aromatic heterocycles. The van der Waals surface area contributed by atoms with Crippen molar-refractivity contribution in [3.05, 3.63) is 29.8 Å². The van der Waals surface area contributed by atoms with Crippen molar-refractivity contribution >= 4 is 35.9 Å². The van der Waals surface area contributed by atoms with E-state index in [1.165, 1.54) is 0 Å². The van der Waals surface area contributed by atoms with Crippen molar-refractivity contribution in [1.29, 1.82) is 0 Å². The highest BCUT2D eigenvalue weighted by molar-refractivity contribution is 5.96. The monoisotopic (exact) mass is 506 g/mol. The number of halogens is 1. The van der Waals surface area contributed by atoms with Gasteiger partial charge in [-0.05, 0) is 57.2 Å². The lowest BCUT2D eigenvalue weighted by molar-refractivity contribution is -0.157. The van der Waals surface area contributed by atoms with Gasteiger partial charge in [-0.25, -0.2) is 4.79 Å². The predicted octanol–water partition coefficient (Wildman–Crippen LogP) is 2.80. The van der Waals surface area contributed by atoms with Crippen molar-refractivity contribution in [3.63, 3.8) is 0 Å². The topological polar surface area (TPSA) is 73.4 Å². The van der Waals surface area contributed by atoms with Gasteiger partial charge >= 0.3 is 5.97 Å². The average molecular weight is 507 g/mol. The molecule has 0 N–H and O–H groups in total. The number of piperazine rings is 2.